The van der Waals surface area contributed by atoms with Gasteiger partial charge in [0.1, 0.15) is 11.6 Å². The molecule has 1 heterocycles. The van der Waals surface area contributed by atoms with Gasteiger partial charge in [-0.15, -0.1) is 0 Å². The molecule has 1 aliphatic heterocycles. The summed E-state index contributed by atoms with van der Waals surface area (Å²) in [6, 6.07) is 3.62. The summed E-state index contributed by atoms with van der Waals surface area (Å²) in [5.41, 5.74) is 0.436. The van der Waals surface area contributed by atoms with Crippen molar-refractivity contribution in [2.45, 2.75) is 25.4 Å². The number of rotatable bonds is 1. The fraction of sp³-hybridized carbons (Fsp3) is 0.500. The molecule has 88 valence electrons. The summed E-state index contributed by atoms with van der Waals surface area (Å²) in [5, 5.41) is 6.59. The Morgan fingerprint density at radius 2 is 2.06 bits per heavy atom. The van der Waals surface area contributed by atoms with E-state index < -0.39 is 11.6 Å². The summed E-state index contributed by atoms with van der Waals surface area (Å²) in [4.78, 5) is 0. The van der Waals surface area contributed by atoms with Gasteiger partial charge < -0.3 is 10.6 Å². The molecule has 0 amide bonds. The molecule has 16 heavy (non-hydrogen) atoms. The molecule has 4 heteroatoms. The van der Waals surface area contributed by atoms with Crippen LogP contribution in [0.2, 0.25) is 0 Å². The van der Waals surface area contributed by atoms with Gasteiger partial charge in [-0.1, -0.05) is 6.07 Å². The average Bonchev–Trinajstić information content (AvgIpc) is 2.15. The first kappa shape index (κ1) is 11.5. The predicted molar refractivity (Wildman–Crippen MR) is 59.2 cm³/mol. The highest BCUT2D eigenvalue weighted by atomic mass is 19.1. The molecule has 2 rings (SSSR count). The standard InChI is InChI=1S/C12H16F2N2/c1-12(2)7-15-6-11(16-12)9-4-3-8(13)5-10(9)14/h3-5,11,15-16H,6-7H2,1-2H3. The zero-order valence-corrected chi connectivity index (χ0v) is 9.48. The first-order chi connectivity index (χ1) is 7.48. The minimum absolute atomic E-state index is 0.0796. The van der Waals surface area contributed by atoms with E-state index in [2.05, 4.69) is 10.6 Å². The van der Waals surface area contributed by atoms with Crippen LogP contribution in [0.15, 0.2) is 18.2 Å². The highest BCUT2D eigenvalue weighted by molar-refractivity contribution is 5.23. The predicted octanol–water partition coefficient (Wildman–Crippen LogP) is 1.98. The van der Waals surface area contributed by atoms with E-state index in [-0.39, 0.29) is 11.6 Å². The summed E-state index contributed by atoms with van der Waals surface area (Å²) in [7, 11) is 0. The molecule has 0 spiro atoms. The van der Waals surface area contributed by atoms with E-state index in [9.17, 15) is 8.78 Å². The van der Waals surface area contributed by atoms with Crippen molar-refractivity contribution in [1.29, 1.82) is 0 Å². The van der Waals surface area contributed by atoms with Gasteiger partial charge >= 0.3 is 0 Å². The molecular weight excluding hydrogens is 210 g/mol. The summed E-state index contributed by atoms with van der Waals surface area (Å²) >= 11 is 0. The van der Waals surface area contributed by atoms with E-state index in [4.69, 9.17) is 0 Å². The Hall–Kier alpha value is -1.00. The molecule has 1 saturated heterocycles. The van der Waals surface area contributed by atoms with Crippen molar-refractivity contribution < 1.29 is 8.78 Å². The molecule has 2 N–H and O–H groups in total. The van der Waals surface area contributed by atoms with Crippen LogP contribution in [0.5, 0.6) is 0 Å². The van der Waals surface area contributed by atoms with Crippen molar-refractivity contribution >= 4 is 0 Å². The number of hydrogen-bond acceptors (Lipinski definition) is 2. The Labute approximate surface area is 94.0 Å². The van der Waals surface area contributed by atoms with E-state index in [1.165, 1.54) is 12.1 Å². The number of nitrogens with one attached hydrogen (secondary N) is 2. The van der Waals surface area contributed by atoms with Crippen LogP contribution in [-0.4, -0.2) is 18.6 Å². The van der Waals surface area contributed by atoms with Crippen molar-refractivity contribution in [3.8, 4) is 0 Å². The SMILES string of the molecule is CC1(C)CNCC(c2ccc(F)cc2F)N1. The van der Waals surface area contributed by atoms with Crippen molar-refractivity contribution in [2.24, 2.45) is 0 Å². The second-order valence-electron chi connectivity index (χ2n) is 4.88. The third kappa shape index (κ3) is 2.39. The van der Waals surface area contributed by atoms with Crippen LogP contribution in [0.4, 0.5) is 8.78 Å². The van der Waals surface area contributed by atoms with Gasteiger partial charge in [0, 0.05) is 36.3 Å². The van der Waals surface area contributed by atoms with Gasteiger partial charge in [0.15, 0.2) is 0 Å². The van der Waals surface area contributed by atoms with E-state index in [0.29, 0.717) is 12.1 Å². The zero-order chi connectivity index (χ0) is 11.8. The van der Waals surface area contributed by atoms with Crippen molar-refractivity contribution in [2.75, 3.05) is 13.1 Å². The van der Waals surface area contributed by atoms with Gasteiger partial charge in [-0.05, 0) is 19.9 Å². The van der Waals surface area contributed by atoms with E-state index in [0.717, 1.165) is 12.6 Å². The Kier molecular flexibility index (Phi) is 2.95. The topological polar surface area (TPSA) is 24.1 Å². The Bertz CT molecular complexity index is 391. The molecule has 1 aromatic rings. The third-order valence-electron chi connectivity index (χ3n) is 2.82. The summed E-state index contributed by atoms with van der Waals surface area (Å²) in [6.45, 7) is 5.60. The van der Waals surface area contributed by atoms with Crippen LogP contribution >= 0.6 is 0 Å². The lowest BCUT2D eigenvalue weighted by Gasteiger charge is -2.38. The molecular formula is C12H16F2N2. The minimum atomic E-state index is -0.538. The maximum Gasteiger partial charge on any atom is 0.130 e. The van der Waals surface area contributed by atoms with Crippen molar-refractivity contribution in [3.05, 3.63) is 35.4 Å². The first-order valence-corrected chi connectivity index (χ1v) is 5.41. The molecule has 0 aliphatic carbocycles. The number of benzene rings is 1. The average molecular weight is 226 g/mol. The van der Waals surface area contributed by atoms with E-state index >= 15 is 0 Å². The molecule has 0 radical (unpaired) electrons. The van der Waals surface area contributed by atoms with Gasteiger partial charge in [-0.2, -0.15) is 0 Å². The molecule has 0 aromatic heterocycles. The summed E-state index contributed by atoms with van der Waals surface area (Å²) < 4.78 is 26.4. The van der Waals surface area contributed by atoms with Gasteiger partial charge in [0.2, 0.25) is 0 Å². The summed E-state index contributed by atoms with van der Waals surface area (Å²) in [6.07, 6.45) is 0. The van der Waals surface area contributed by atoms with Crippen LogP contribution in [0.1, 0.15) is 25.5 Å². The summed E-state index contributed by atoms with van der Waals surface area (Å²) in [5.74, 6) is -1.03. The van der Waals surface area contributed by atoms with Gasteiger partial charge in [-0.25, -0.2) is 8.78 Å². The lowest BCUT2D eigenvalue weighted by Crippen LogP contribution is -2.56. The second-order valence-corrected chi connectivity index (χ2v) is 4.88. The number of piperazine rings is 1. The first-order valence-electron chi connectivity index (χ1n) is 5.41. The van der Waals surface area contributed by atoms with Crippen molar-refractivity contribution in [1.82, 2.24) is 10.6 Å². The van der Waals surface area contributed by atoms with E-state index in [1.807, 2.05) is 13.8 Å². The molecule has 1 aromatic carbocycles. The molecule has 1 unspecified atom stereocenters. The highest BCUT2D eigenvalue weighted by Gasteiger charge is 2.28. The molecule has 1 aliphatic rings. The molecule has 1 atom stereocenters. The maximum atomic E-state index is 13.6. The zero-order valence-electron chi connectivity index (χ0n) is 9.48. The lowest BCUT2D eigenvalue weighted by atomic mass is 9.96. The highest BCUT2D eigenvalue weighted by Crippen LogP contribution is 2.22. The third-order valence-corrected chi connectivity index (χ3v) is 2.82. The maximum absolute atomic E-state index is 13.6. The molecule has 0 bridgehead atoms. The van der Waals surface area contributed by atoms with Crippen molar-refractivity contribution in [3.63, 3.8) is 0 Å². The Morgan fingerprint density at radius 1 is 1.31 bits per heavy atom. The molecule has 1 fully saturated rings. The number of halogens is 2. The second kappa shape index (κ2) is 4.11. The Balaban J connectivity index is 2.23. The normalized spacial score (nSPS) is 24.4. The molecule has 2 nitrogen and oxygen atoms in total. The van der Waals surface area contributed by atoms with Gasteiger partial charge in [-0.3, -0.25) is 0 Å². The quantitative estimate of drug-likeness (QED) is 0.765. The fourth-order valence-electron chi connectivity index (χ4n) is 2.07. The largest absolute Gasteiger partial charge is 0.313 e. The van der Waals surface area contributed by atoms with Crippen LogP contribution in [-0.2, 0) is 0 Å². The fourth-order valence-corrected chi connectivity index (χ4v) is 2.07. The van der Waals surface area contributed by atoms with E-state index in [1.54, 1.807) is 0 Å². The van der Waals surface area contributed by atoms with Crippen LogP contribution < -0.4 is 10.6 Å². The minimum Gasteiger partial charge on any atom is -0.313 e. The van der Waals surface area contributed by atoms with Gasteiger partial charge in [0.25, 0.3) is 0 Å². The van der Waals surface area contributed by atoms with Gasteiger partial charge in [0.05, 0.1) is 0 Å². The monoisotopic (exact) mass is 226 g/mol. The smallest absolute Gasteiger partial charge is 0.130 e. The molecule has 0 saturated carbocycles. The van der Waals surface area contributed by atoms with Crippen LogP contribution in [0.3, 0.4) is 0 Å². The number of hydrogen-bond donors (Lipinski definition) is 2. The Morgan fingerprint density at radius 3 is 2.69 bits per heavy atom. The van der Waals surface area contributed by atoms with Crippen LogP contribution in [0.25, 0.3) is 0 Å². The lowest BCUT2D eigenvalue weighted by molar-refractivity contribution is 0.260. The van der Waals surface area contributed by atoms with Crippen LogP contribution in [0, 0.1) is 11.6 Å².